The number of nitrogen functional groups attached to an aromatic ring is 1. The number of benzene rings is 2. The predicted octanol–water partition coefficient (Wildman–Crippen LogP) is 4.65. The van der Waals surface area contributed by atoms with Gasteiger partial charge in [-0.1, -0.05) is 29.3 Å². The first-order valence-corrected chi connectivity index (χ1v) is 5.61. The molecule has 2 N–H and O–H groups in total. The van der Waals surface area contributed by atoms with Gasteiger partial charge in [-0.25, -0.2) is 8.78 Å². The lowest BCUT2D eigenvalue weighted by Gasteiger charge is -2.10. The lowest BCUT2D eigenvalue weighted by molar-refractivity contribution is 0.441. The fraction of sp³-hybridized carbons (Fsp3) is 0. The summed E-state index contributed by atoms with van der Waals surface area (Å²) in [6.07, 6.45) is 0. The highest BCUT2D eigenvalue weighted by Crippen LogP contribution is 2.34. The quantitative estimate of drug-likeness (QED) is 0.817. The maximum absolute atomic E-state index is 13.6. The van der Waals surface area contributed by atoms with Gasteiger partial charge in [0.25, 0.3) is 0 Å². The van der Waals surface area contributed by atoms with Gasteiger partial charge in [0.05, 0.1) is 15.7 Å². The molecule has 0 spiro atoms. The van der Waals surface area contributed by atoms with Crippen LogP contribution in [0.4, 0.5) is 14.5 Å². The summed E-state index contributed by atoms with van der Waals surface area (Å²) in [6, 6.07) is 6.40. The highest BCUT2D eigenvalue weighted by atomic mass is 35.5. The summed E-state index contributed by atoms with van der Waals surface area (Å²) < 4.78 is 32.0. The molecule has 18 heavy (non-hydrogen) atoms. The maximum atomic E-state index is 13.6. The van der Waals surface area contributed by atoms with Crippen LogP contribution < -0.4 is 10.5 Å². The molecule has 0 fully saturated rings. The molecule has 2 aromatic rings. The number of hydrogen-bond acceptors (Lipinski definition) is 2. The van der Waals surface area contributed by atoms with E-state index in [1.807, 2.05) is 0 Å². The average Bonchev–Trinajstić information content (AvgIpc) is 2.32. The Morgan fingerprint density at radius 1 is 1.00 bits per heavy atom. The van der Waals surface area contributed by atoms with Crippen LogP contribution in [0.5, 0.6) is 11.5 Å². The molecule has 0 aliphatic carbocycles. The molecule has 0 saturated carbocycles. The minimum atomic E-state index is -0.742. The van der Waals surface area contributed by atoms with Gasteiger partial charge >= 0.3 is 0 Å². The normalized spacial score (nSPS) is 10.4. The fourth-order valence-corrected chi connectivity index (χ4v) is 1.65. The van der Waals surface area contributed by atoms with Gasteiger partial charge in [0.2, 0.25) is 0 Å². The van der Waals surface area contributed by atoms with Gasteiger partial charge in [-0.15, -0.1) is 0 Å². The number of halogens is 4. The zero-order valence-electron chi connectivity index (χ0n) is 8.88. The van der Waals surface area contributed by atoms with E-state index < -0.39 is 11.6 Å². The second kappa shape index (κ2) is 5.00. The van der Waals surface area contributed by atoms with Crippen molar-refractivity contribution in [3.05, 3.63) is 52.0 Å². The number of ether oxygens (including phenoxy) is 1. The van der Waals surface area contributed by atoms with Crippen LogP contribution in [0, 0.1) is 11.6 Å². The first-order chi connectivity index (χ1) is 8.49. The summed E-state index contributed by atoms with van der Waals surface area (Å²) in [5.41, 5.74) is 5.69. The molecule has 0 heterocycles. The van der Waals surface area contributed by atoms with Gasteiger partial charge in [0.15, 0.2) is 17.3 Å². The van der Waals surface area contributed by atoms with E-state index in [4.69, 9.17) is 33.7 Å². The zero-order valence-corrected chi connectivity index (χ0v) is 10.4. The lowest BCUT2D eigenvalue weighted by Crippen LogP contribution is -1.95. The van der Waals surface area contributed by atoms with Crippen LogP contribution >= 0.6 is 23.2 Å². The third kappa shape index (κ3) is 2.49. The van der Waals surface area contributed by atoms with Crippen LogP contribution in [-0.2, 0) is 0 Å². The van der Waals surface area contributed by atoms with E-state index in [2.05, 4.69) is 0 Å². The van der Waals surface area contributed by atoms with Crippen molar-refractivity contribution in [2.75, 3.05) is 5.73 Å². The highest BCUT2D eigenvalue weighted by Gasteiger charge is 2.12. The molecule has 0 unspecified atom stereocenters. The second-order valence-electron chi connectivity index (χ2n) is 3.46. The molecule has 0 aliphatic rings. The summed E-state index contributed by atoms with van der Waals surface area (Å²) in [6.45, 7) is 0. The topological polar surface area (TPSA) is 35.2 Å². The monoisotopic (exact) mass is 289 g/mol. The first kappa shape index (κ1) is 12.9. The Morgan fingerprint density at radius 2 is 1.72 bits per heavy atom. The van der Waals surface area contributed by atoms with Crippen molar-refractivity contribution < 1.29 is 13.5 Å². The molecule has 2 nitrogen and oxygen atoms in total. The van der Waals surface area contributed by atoms with Crippen LogP contribution in [0.2, 0.25) is 10.0 Å². The van der Waals surface area contributed by atoms with Crippen LogP contribution in [0.1, 0.15) is 0 Å². The minimum absolute atomic E-state index is 0.0296. The predicted molar refractivity (Wildman–Crippen MR) is 67.3 cm³/mol. The maximum Gasteiger partial charge on any atom is 0.184 e. The number of anilines is 1. The van der Waals surface area contributed by atoms with Crippen LogP contribution in [0.25, 0.3) is 0 Å². The van der Waals surface area contributed by atoms with E-state index in [0.29, 0.717) is 0 Å². The Morgan fingerprint density at radius 3 is 2.44 bits per heavy atom. The number of rotatable bonds is 2. The molecule has 0 atom stereocenters. The summed E-state index contributed by atoms with van der Waals surface area (Å²) >= 11 is 11.1. The van der Waals surface area contributed by atoms with E-state index in [9.17, 15) is 8.78 Å². The molecule has 0 aromatic heterocycles. The molecule has 6 heteroatoms. The fourth-order valence-electron chi connectivity index (χ4n) is 1.31. The van der Waals surface area contributed by atoms with E-state index >= 15 is 0 Å². The van der Waals surface area contributed by atoms with Crippen molar-refractivity contribution in [2.45, 2.75) is 0 Å². The largest absolute Gasteiger partial charge is 0.452 e. The van der Waals surface area contributed by atoms with Crippen molar-refractivity contribution in [2.24, 2.45) is 0 Å². The van der Waals surface area contributed by atoms with Gasteiger partial charge in [-0.2, -0.15) is 0 Å². The number of nitrogens with two attached hydrogens (primary N) is 1. The van der Waals surface area contributed by atoms with Crippen LogP contribution in [-0.4, -0.2) is 0 Å². The molecule has 0 aliphatic heterocycles. The lowest BCUT2D eigenvalue weighted by atomic mass is 10.3. The third-order valence-corrected chi connectivity index (χ3v) is 2.77. The Balaban J connectivity index is 2.40. The van der Waals surface area contributed by atoms with E-state index in [0.717, 1.165) is 6.07 Å². The highest BCUT2D eigenvalue weighted by molar-refractivity contribution is 6.31. The summed E-state index contributed by atoms with van der Waals surface area (Å²) in [7, 11) is 0. The smallest absolute Gasteiger partial charge is 0.184 e. The Kier molecular flexibility index (Phi) is 3.59. The first-order valence-electron chi connectivity index (χ1n) is 4.85. The van der Waals surface area contributed by atoms with Crippen molar-refractivity contribution >= 4 is 28.9 Å². The molecule has 0 bridgehead atoms. The van der Waals surface area contributed by atoms with E-state index in [-0.39, 0.29) is 27.2 Å². The SMILES string of the molecule is Nc1cc(Cl)c(F)cc1Oc1cccc(Cl)c1F. The van der Waals surface area contributed by atoms with Gasteiger partial charge in [-0.3, -0.25) is 0 Å². The standard InChI is InChI=1S/C12H7Cl2F2NO/c13-6-2-1-3-10(12(6)16)18-11-5-8(15)7(14)4-9(11)17/h1-5H,17H2. The molecular formula is C12H7Cl2F2NO. The molecule has 0 radical (unpaired) electrons. The van der Waals surface area contributed by atoms with Crippen molar-refractivity contribution in [3.63, 3.8) is 0 Å². The third-order valence-electron chi connectivity index (χ3n) is 2.19. The summed E-state index contributed by atoms with van der Waals surface area (Å²) in [4.78, 5) is 0. The van der Waals surface area contributed by atoms with Crippen molar-refractivity contribution in [1.82, 2.24) is 0 Å². The van der Waals surface area contributed by atoms with Gasteiger partial charge in [0, 0.05) is 6.07 Å². The average molecular weight is 290 g/mol. The van der Waals surface area contributed by atoms with Gasteiger partial charge < -0.3 is 10.5 Å². The molecule has 94 valence electrons. The van der Waals surface area contributed by atoms with Gasteiger partial charge in [0.1, 0.15) is 5.82 Å². The van der Waals surface area contributed by atoms with Gasteiger partial charge in [-0.05, 0) is 18.2 Å². The van der Waals surface area contributed by atoms with Crippen molar-refractivity contribution in [3.8, 4) is 11.5 Å². The molecule has 0 amide bonds. The van der Waals surface area contributed by atoms with Crippen LogP contribution in [0.3, 0.4) is 0 Å². The van der Waals surface area contributed by atoms with Crippen molar-refractivity contribution in [1.29, 1.82) is 0 Å². The molecule has 0 saturated heterocycles. The van der Waals surface area contributed by atoms with E-state index in [1.54, 1.807) is 0 Å². The number of hydrogen-bond donors (Lipinski definition) is 1. The Bertz CT molecular complexity index is 605. The second-order valence-corrected chi connectivity index (χ2v) is 4.27. The Hall–Kier alpha value is -1.52. The molecule has 2 rings (SSSR count). The summed E-state index contributed by atoms with van der Waals surface area (Å²) in [5, 5.41) is -0.230. The molecular weight excluding hydrogens is 283 g/mol. The Labute approximate surface area is 112 Å². The molecule has 2 aromatic carbocycles. The minimum Gasteiger partial charge on any atom is -0.452 e. The zero-order chi connectivity index (χ0) is 13.3. The summed E-state index contributed by atoms with van der Waals surface area (Å²) in [5.74, 6) is -1.62. The van der Waals surface area contributed by atoms with Crippen LogP contribution in [0.15, 0.2) is 30.3 Å². The van der Waals surface area contributed by atoms with E-state index in [1.165, 1.54) is 24.3 Å².